The number of nitrogens with zero attached hydrogens (tertiary/aromatic N) is 1. The molecule has 0 spiro atoms. The average molecular weight is 240 g/mol. The highest BCUT2D eigenvalue weighted by molar-refractivity contribution is 5.77. The predicted molar refractivity (Wildman–Crippen MR) is 71.7 cm³/mol. The van der Waals surface area contributed by atoms with Crippen molar-refractivity contribution in [3.05, 3.63) is 0 Å². The fourth-order valence-electron chi connectivity index (χ4n) is 3.44. The van der Waals surface area contributed by atoms with Crippen molar-refractivity contribution in [1.29, 1.82) is 0 Å². The highest BCUT2D eigenvalue weighted by Crippen LogP contribution is 2.41. The topological polar surface area (TPSA) is 46.3 Å². The lowest BCUT2D eigenvalue weighted by atomic mass is 9.73. The number of piperidine rings is 1. The molecule has 0 aromatic rings. The molecule has 1 saturated heterocycles. The Labute approximate surface area is 106 Å². The zero-order valence-corrected chi connectivity index (χ0v) is 12.0. The lowest BCUT2D eigenvalue weighted by molar-refractivity contribution is -0.130. The van der Waals surface area contributed by atoms with Crippen LogP contribution in [-0.4, -0.2) is 28.4 Å². The molecule has 0 atom stereocenters. The first-order valence-electron chi connectivity index (χ1n) is 6.78. The third-order valence-corrected chi connectivity index (χ3v) is 4.09. The molecule has 1 amide bonds. The number of hydrogen-bond acceptors (Lipinski definition) is 2. The Morgan fingerprint density at radius 3 is 2.06 bits per heavy atom. The maximum Gasteiger partial charge on any atom is 0.220 e. The van der Waals surface area contributed by atoms with Gasteiger partial charge in [-0.1, -0.05) is 13.3 Å². The first-order valence-corrected chi connectivity index (χ1v) is 6.78. The van der Waals surface area contributed by atoms with Gasteiger partial charge in [0, 0.05) is 17.0 Å². The van der Waals surface area contributed by atoms with Crippen LogP contribution >= 0.6 is 0 Å². The Morgan fingerprint density at radius 2 is 1.71 bits per heavy atom. The minimum Gasteiger partial charge on any atom is -0.369 e. The van der Waals surface area contributed by atoms with E-state index in [0.29, 0.717) is 0 Å². The van der Waals surface area contributed by atoms with E-state index in [2.05, 4.69) is 39.5 Å². The van der Waals surface area contributed by atoms with Crippen molar-refractivity contribution < 1.29 is 4.79 Å². The number of rotatable bonds is 4. The molecule has 100 valence electrons. The molecule has 0 bridgehead atoms. The second-order valence-corrected chi connectivity index (χ2v) is 6.64. The standard InChI is InChI=1S/C14H28N2O/c1-6-7-8-16-13(2,3)9-11(12(15)17)10-14(16,4)5/h11H,6-10H2,1-5H3,(H2,15,17). The predicted octanol–water partition coefficient (Wildman–Crippen LogP) is 2.54. The fraction of sp³-hybridized carbons (Fsp3) is 0.929. The van der Waals surface area contributed by atoms with Gasteiger partial charge < -0.3 is 5.73 Å². The number of unbranched alkanes of at least 4 members (excludes halogenated alkanes) is 1. The van der Waals surface area contributed by atoms with E-state index in [1.807, 2.05) is 0 Å². The number of carbonyl (C=O) groups is 1. The molecule has 1 fully saturated rings. The third kappa shape index (κ3) is 3.21. The summed E-state index contributed by atoms with van der Waals surface area (Å²) in [6, 6.07) is 0. The van der Waals surface area contributed by atoms with Gasteiger partial charge in [-0.25, -0.2) is 0 Å². The lowest BCUT2D eigenvalue weighted by Crippen LogP contribution is -2.62. The second kappa shape index (κ2) is 4.97. The van der Waals surface area contributed by atoms with Crippen molar-refractivity contribution in [3.63, 3.8) is 0 Å². The molecule has 0 aromatic heterocycles. The van der Waals surface area contributed by atoms with E-state index >= 15 is 0 Å². The van der Waals surface area contributed by atoms with Crippen molar-refractivity contribution in [2.45, 2.75) is 71.4 Å². The molecule has 3 nitrogen and oxygen atoms in total. The molecule has 2 N–H and O–H groups in total. The molecule has 1 heterocycles. The van der Waals surface area contributed by atoms with Crippen LogP contribution in [0.2, 0.25) is 0 Å². The zero-order chi connectivity index (χ0) is 13.3. The van der Waals surface area contributed by atoms with Crippen LogP contribution in [0.1, 0.15) is 60.3 Å². The molecular formula is C14H28N2O. The molecule has 0 unspecified atom stereocenters. The van der Waals surface area contributed by atoms with Gasteiger partial charge in [-0.05, 0) is 53.5 Å². The minimum absolute atomic E-state index is 0.0258. The molecule has 0 aliphatic carbocycles. The highest BCUT2D eigenvalue weighted by Gasteiger charge is 2.46. The van der Waals surface area contributed by atoms with E-state index in [4.69, 9.17) is 5.73 Å². The molecule has 0 radical (unpaired) electrons. The highest BCUT2D eigenvalue weighted by atomic mass is 16.1. The number of primary amides is 1. The maximum atomic E-state index is 11.5. The summed E-state index contributed by atoms with van der Waals surface area (Å²) in [5.74, 6) is -0.112. The fourth-order valence-corrected chi connectivity index (χ4v) is 3.44. The number of hydrogen-bond donors (Lipinski definition) is 1. The third-order valence-electron chi connectivity index (χ3n) is 4.09. The number of likely N-dealkylation sites (tertiary alicyclic amines) is 1. The van der Waals surface area contributed by atoms with Crippen molar-refractivity contribution >= 4 is 5.91 Å². The zero-order valence-electron chi connectivity index (χ0n) is 12.0. The van der Waals surface area contributed by atoms with Crippen LogP contribution in [-0.2, 0) is 4.79 Å². The van der Waals surface area contributed by atoms with Crippen LogP contribution in [0.15, 0.2) is 0 Å². The van der Waals surface area contributed by atoms with E-state index in [0.717, 1.165) is 19.4 Å². The summed E-state index contributed by atoms with van der Waals surface area (Å²) >= 11 is 0. The monoisotopic (exact) mass is 240 g/mol. The summed E-state index contributed by atoms with van der Waals surface area (Å²) in [5, 5.41) is 0. The van der Waals surface area contributed by atoms with Gasteiger partial charge in [-0.3, -0.25) is 9.69 Å². The van der Waals surface area contributed by atoms with Gasteiger partial charge in [0.2, 0.25) is 5.91 Å². The van der Waals surface area contributed by atoms with Gasteiger partial charge in [0.15, 0.2) is 0 Å². The van der Waals surface area contributed by atoms with E-state index in [-0.39, 0.29) is 22.9 Å². The van der Waals surface area contributed by atoms with Gasteiger partial charge in [0.05, 0.1) is 0 Å². The first kappa shape index (κ1) is 14.5. The van der Waals surface area contributed by atoms with Gasteiger partial charge in [0.25, 0.3) is 0 Å². The molecule has 17 heavy (non-hydrogen) atoms. The van der Waals surface area contributed by atoms with Gasteiger partial charge >= 0.3 is 0 Å². The molecule has 0 aromatic carbocycles. The van der Waals surface area contributed by atoms with Crippen molar-refractivity contribution in [1.82, 2.24) is 4.90 Å². The molecule has 1 rings (SSSR count). The number of carbonyl (C=O) groups excluding carboxylic acids is 1. The van der Waals surface area contributed by atoms with Gasteiger partial charge in [-0.15, -0.1) is 0 Å². The Balaban J connectivity index is 2.87. The van der Waals surface area contributed by atoms with E-state index in [9.17, 15) is 4.79 Å². The summed E-state index contributed by atoms with van der Waals surface area (Å²) in [6.07, 6.45) is 4.20. The molecule has 1 aliphatic heterocycles. The Hall–Kier alpha value is -0.570. The summed E-state index contributed by atoms with van der Waals surface area (Å²) < 4.78 is 0. The molecule has 1 aliphatic rings. The maximum absolute atomic E-state index is 11.5. The Bertz CT molecular complexity index is 266. The largest absolute Gasteiger partial charge is 0.369 e. The number of nitrogens with two attached hydrogens (primary N) is 1. The van der Waals surface area contributed by atoms with Crippen molar-refractivity contribution in [3.8, 4) is 0 Å². The number of amides is 1. The van der Waals surface area contributed by atoms with Crippen LogP contribution in [0.4, 0.5) is 0 Å². The molecule has 0 saturated carbocycles. The summed E-state index contributed by atoms with van der Waals surface area (Å²) in [6.45, 7) is 12.3. The Kier molecular flexibility index (Phi) is 4.23. The average Bonchev–Trinajstić information content (AvgIpc) is 2.14. The van der Waals surface area contributed by atoms with Crippen LogP contribution in [0.25, 0.3) is 0 Å². The second-order valence-electron chi connectivity index (χ2n) is 6.64. The summed E-state index contributed by atoms with van der Waals surface area (Å²) in [5.41, 5.74) is 5.63. The van der Waals surface area contributed by atoms with Crippen molar-refractivity contribution in [2.75, 3.05) is 6.54 Å². The SMILES string of the molecule is CCCCN1C(C)(C)CC(C(N)=O)CC1(C)C. The van der Waals surface area contributed by atoms with Crippen LogP contribution < -0.4 is 5.73 Å². The quantitative estimate of drug-likeness (QED) is 0.821. The van der Waals surface area contributed by atoms with E-state index in [1.54, 1.807) is 0 Å². The smallest absolute Gasteiger partial charge is 0.220 e. The summed E-state index contributed by atoms with van der Waals surface area (Å²) in [7, 11) is 0. The first-order chi connectivity index (χ1) is 7.70. The normalized spacial score (nSPS) is 24.8. The molecule has 3 heteroatoms. The van der Waals surface area contributed by atoms with Crippen molar-refractivity contribution in [2.24, 2.45) is 11.7 Å². The van der Waals surface area contributed by atoms with E-state index < -0.39 is 0 Å². The van der Waals surface area contributed by atoms with E-state index in [1.165, 1.54) is 12.8 Å². The molecular weight excluding hydrogens is 212 g/mol. The van der Waals surface area contributed by atoms with Crippen LogP contribution in [0.3, 0.4) is 0 Å². The van der Waals surface area contributed by atoms with Crippen LogP contribution in [0.5, 0.6) is 0 Å². The lowest BCUT2D eigenvalue weighted by Gasteiger charge is -2.55. The Morgan fingerprint density at radius 1 is 1.24 bits per heavy atom. The van der Waals surface area contributed by atoms with Gasteiger partial charge in [-0.2, -0.15) is 0 Å². The van der Waals surface area contributed by atoms with Crippen LogP contribution in [0, 0.1) is 5.92 Å². The summed E-state index contributed by atoms with van der Waals surface area (Å²) in [4.78, 5) is 14.0. The van der Waals surface area contributed by atoms with Gasteiger partial charge in [0.1, 0.15) is 0 Å². The minimum atomic E-state index is -0.138.